The molecule has 5 nitrogen and oxygen atoms in total. The second kappa shape index (κ2) is 7.57. The van der Waals surface area contributed by atoms with E-state index in [-0.39, 0.29) is 12.1 Å². The van der Waals surface area contributed by atoms with Crippen LogP contribution in [0.5, 0.6) is 0 Å². The van der Waals surface area contributed by atoms with Crippen molar-refractivity contribution in [2.24, 2.45) is 0 Å². The van der Waals surface area contributed by atoms with Crippen LogP contribution < -0.4 is 5.32 Å². The molecule has 114 valence electrons. The van der Waals surface area contributed by atoms with Gasteiger partial charge in [0, 0.05) is 31.7 Å². The molecule has 1 aliphatic rings. The quantitative estimate of drug-likeness (QED) is 0.772. The highest BCUT2D eigenvalue weighted by molar-refractivity contribution is 7.86. The van der Waals surface area contributed by atoms with Crippen LogP contribution in [0, 0.1) is 0 Å². The highest BCUT2D eigenvalue weighted by Crippen LogP contribution is 2.24. The Labute approximate surface area is 118 Å². The zero-order valence-electron chi connectivity index (χ0n) is 12.7. The molecule has 0 aromatic carbocycles. The second-order valence-corrected chi connectivity index (χ2v) is 6.99. The van der Waals surface area contributed by atoms with Gasteiger partial charge in [-0.1, -0.05) is 27.2 Å². The monoisotopic (exact) mass is 291 g/mol. The fourth-order valence-corrected chi connectivity index (χ4v) is 4.81. The van der Waals surface area contributed by atoms with E-state index in [0.717, 1.165) is 25.8 Å². The van der Waals surface area contributed by atoms with E-state index in [2.05, 4.69) is 19.2 Å². The molecule has 0 amide bonds. The van der Waals surface area contributed by atoms with Crippen molar-refractivity contribution in [3.05, 3.63) is 0 Å². The summed E-state index contributed by atoms with van der Waals surface area (Å²) in [6.07, 6.45) is 3.04. The van der Waals surface area contributed by atoms with Crippen molar-refractivity contribution in [3.63, 3.8) is 0 Å². The van der Waals surface area contributed by atoms with Crippen molar-refractivity contribution >= 4 is 10.2 Å². The normalized spacial score (nSPS) is 23.7. The molecule has 1 saturated heterocycles. The number of rotatable bonds is 7. The smallest absolute Gasteiger partial charge is 0.282 e. The first kappa shape index (κ1) is 16.9. The van der Waals surface area contributed by atoms with E-state index in [4.69, 9.17) is 0 Å². The van der Waals surface area contributed by atoms with Gasteiger partial charge in [-0.25, -0.2) is 0 Å². The van der Waals surface area contributed by atoms with Crippen molar-refractivity contribution in [1.29, 1.82) is 0 Å². The van der Waals surface area contributed by atoms with E-state index in [0.29, 0.717) is 19.6 Å². The molecule has 0 aliphatic carbocycles. The predicted octanol–water partition coefficient (Wildman–Crippen LogP) is 1.43. The van der Waals surface area contributed by atoms with E-state index in [1.54, 1.807) is 8.61 Å². The maximum Gasteiger partial charge on any atom is 0.282 e. The molecule has 1 fully saturated rings. The summed E-state index contributed by atoms with van der Waals surface area (Å²) in [5.41, 5.74) is 0. The Hall–Kier alpha value is -0.170. The highest BCUT2D eigenvalue weighted by atomic mass is 32.2. The maximum atomic E-state index is 12.7. The molecule has 0 spiro atoms. The Kier molecular flexibility index (Phi) is 6.73. The molecule has 0 aromatic rings. The number of piperidine rings is 1. The number of nitrogens with one attached hydrogen (secondary N) is 1. The topological polar surface area (TPSA) is 52.7 Å². The standard InChI is InChI=1S/C13H29N3O2S/c1-5-14-12(4)13-10-8-9-11-16(13)19(17,18)15(6-2)7-3/h12-14H,5-11H2,1-4H3. The van der Waals surface area contributed by atoms with E-state index < -0.39 is 10.2 Å². The lowest BCUT2D eigenvalue weighted by Gasteiger charge is -2.40. The van der Waals surface area contributed by atoms with Gasteiger partial charge in [-0.3, -0.25) is 0 Å². The first-order chi connectivity index (χ1) is 8.98. The van der Waals surface area contributed by atoms with Gasteiger partial charge in [0.1, 0.15) is 0 Å². The van der Waals surface area contributed by atoms with Crippen LogP contribution in [0.25, 0.3) is 0 Å². The van der Waals surface area contributed by atoms with Gasteiger partial charge in [0.25, 0.3) is 10.2 Å². The van der Waals surface area contributed by atoms with Crippen LogP contribution in [0.15, 0.2) is 0 Å². The molecular formula is C13H29N3O2S. The van der Waals surface area contributed by atoms with E-state index in [1.165, 1.54) is 0 Å². The summed E-state index contributed by atoms with van der Waals surface area (Å²) in [7, 11) is -3.31. The van der Waals surface area contributed by atoms with Crippen LogP contribution in [0.4, 0.5) is 0 Å². The summed E-state index contributed by atoms with van der Waals surface area (Å²) in [6, 6.07) is 0.287. The number of hydrogen-bond acceptors (Lipinski definition) is 3. The molecule has 0 aromatic heterocycles. The highest BCUT2D eigenvalue weighted by Gasteiger charge is 2.37. The first-order valence-electron chi connectivity index (χ1n) is 7.49. The van der Waals surface area contributed by atoms with Crippen molar-refractivity contribution in [2.75, 3.05) is 26.2 Å². The summed E-state index contributed by atoms with van der Waals surface area (Å²) in [6.45, 7) is 10.5. The maximum absolute atomic E-state index is 12.7. The third-order valence-electron chi connectivity index (χ3n) is 3.93. The van der Waals surface area contributed by atoms with Gasteiger partial charge in [0.15, 0.2) is 0 Å². The molecule has 19 heavy (non-hydrogen) atoms. The van der Waals surface area contributed by atoms with Crippen molar-refractivity contribution in [1.82, 2.24) is 13.9 Å². The van der Waals surface area contributed by atoms with Crippen LogP contribution in [-0.2, 0) is 10.2 Å². The average molecular weight is 291 g/mol. The Bertz CT molecular complexity index is 355. The summed E-state index contributed by atoms with van der Waals surface area (Å²) in [4.78, 5) is 0. The third-order valence-corrected chi connectivity index (χ3v) is 6.14. The summed E-state index contributed by atoms with van der Waals surface area (Å²) >= 11 is 0. The Morgan fingerprint density at radius 1 is 1.26 bits per heavy atom. The lowest BCUT2D eigenvalue weighted by molar-refractivity contribution is 0.196. The van der Waals surface area contributed by atoms with Gasteiger partial charge >= 0.3 is 0 Å². The Morgan fingerprint density at radius 2 is 1.89 bits per heavy atom. The molecule has 1 rings (SSSR count). The average Bonchev–Trinajstić information content (AvgIpc) is 2.40. The number of likely N-dealkylation sites (N-methyl/N-ethyl adjacent to an activating group) is 1. The van der Waals surface area contributed by atoms with Crippen LogP contribution in [-0.4, -0.2) is 55.3 Å². The van der Waals surface area contributed by atoms with Crippen LogP contribution in [0.2, 0.25) is 0 Å². The number of hydrogen-bond donors (Lipinski definition) is 1. The van der Waals surface area contributed by atoms with Gasteiger partial charge in [-0.2, -0.15) is 17.0 Å². The van der Waals surface area contributed by atoms with Crippen molar-refractivity contribution in [3.8, 4) is 0 Å². The lowest BCUT2D eigenvalue weighted by Crippen LogP contribution is -2.56. The molecule has 0 saturated carbocycles. The summed E-state index contributed by atoms with van der Waals surface area (Å²) < 4.78 is 28.7. The molecule has 0 bridgehead atoms. The van der Waals surface area contributed by atoms with Crippen LogP contribution in [0.3, 0.4) is 0 Å². The zero-order chi connectivity index (χ0) is 14.5. The minimum Gasteiger partial charge on any atom is -0.313 e. The van der Waals surface area contributed by atoms with Gasteiger partial charge in [0.05, 0.1) is 0 Å². The molecular weight excluding hydrogens is 262 g/mol. The number of nitrogens with zero attached hydrogens (tertiary/aromatic N) is 2. The largest absolute Gasteiger partial charge is 0.313 e. The molecule has 2 unspecified atom stereocenters. The van der Waals surface area contributed by atoms with E-state index in [9.17, 15) is 8.42 Å². The summed E-state index contributed by atoms with van der Waals surface area (Å²) in [5.74, 6) is 0. The molecule has 0 radical (unpaired) electrons. The van der Waals surface area contributed by atoms with E-state index in [1.807, 2.05) is 13.8 Å². The molecule has 2 atom stereocenters. The van der Waals surface area contributed by atoms with Gasteiger partial charge < -0.3 is 5.32 Å². The van der Waals surface area contributed by atoms with Gasteiger partial charge in [-0.05, 0) is 26.3 Å². The molecule has 1 aliphatic heterocycles. The third kappa shape index (κ3) is 3.90. The van der Waals surface area contributed by atoms with Crippen molar-refractivity contribution in [2.45, 2.75) is 59.0 Å². The van der Waals surface area contributed by atoms with Crippen LogP contribution in [0.1, 0.15) is 47.0 Å². The molecule has 1 N–H and O–H groups in total. The fourth-order valence-electron chi connectivity index (χ4n) is 2.87. The van der Waals surface area contributed by atoms with Crippen molar-refractivity contribution < 1.29 is 8.42 Å². The molecule has 1 heterocycles. The van der Waals surface area contributed by atoms with Gasteiger partial charge in [0.2, 0.25) is 0 Å². The molecule has 6 heteroatoms. The first-order valence-corrected chi connectivity index (χ1v) is 8.88. The van der Waals surface area contributed by atoms with Crippen LogP contribution >= 0.6 is 0 Å². The predicted molar refractivity (Wildman–Crippen MR) is 79.3 cm³/mol. The second-order valence-electron chi connectivity index (χ2n) is 5.11. The SMILES string of the molecule is CCNC(C)C1CCCCN1S(=O)(=O)N(CC)CC. The lowest BCUT2D eigenvalue weighted by atomic mass is 9.99. The van der Waals surface area contributed by atoms with Gasteiger partial charge in [-0.15, -0.1) is 0 Å². The van der Waals surface area contributed by atoms with E-state index >= 15 is 0 Å². The minimum atomic E-state index is -3.31. The Morgan fingerprint density at radius 3 is 2.42 bits per heavy atom. The Balaban J connectivity index is 2.92. The zero-order valence-corrected chi connectivity index (χ0v) is 13.5. The summed E-state index contributed by atoms with van der Waals surface area (Å²) in [5, 5.41) is 3.37. The minimum absolute atomic E-state index is 0.0827. The fraction of sp³-hybridized carbons (Fsp3) is 1.00.